The van der Waals surface area contributed by atoms with Gasteiger partial charge in [-0.15, -0.1) is 0 Å². The first kappa shape index (κ1) is 14.0. The Labute approximate surface area is 115 Å². The van der Waals surface area contributed by atoms with Crippen LogP contribution in [0.5, 0.6) is 0 Å². The smallest absolute Gasteiger partial charge is 0.230 e. The summed E-state index contributed by atoms with van der Waals surface area (Å²) >= 11 is 0. The first-order valence-corrected chi connectivity index (χ1v) is 7.01. The third-order valence-electron chi connectivity index (χ3n) is 4.10. The van der Waals surface area contributed by atoms with Crippen LogP contribution in [0, 0.1) is 5.41 Å². The van der Waals surface area contributed by atoms with Crippen molar-refractivity contribution in [2.24, 2.45) is 11.1 Å². The zero-order valence-electron chi connectivity index (χ0n) is 11.8. The quantitative estimate of drug-likeness (QED) is 0.851. The summed E-state index contributed by atoms with van der Waals surface area (Å²) in [6.07, 6.45) is 6.55. The highest BCUT2D eigenvalue weighted by Crippen LogP contribution is 2.33. The molecule has 104 valence electrons. The van der Waals surface area contributed by atoms with Crippen molar-refractivity contribution in [2.45, 2.75) is 45.7 Å². The minimum atomic E-state index is -0.435. The van der Waals surface area contributed by atoms with Gasteiger partial charge in [0.15, 0.2) is 0 Å². The van der Waals surface area contributed by atoms with Crippen LogP contribution in [0.15, 0.2) is 24.5 Å². The van der Waals surface area contributed by atoms with E-state index >= 15 is 0 Å². The van der Waals surface area contributed by atoms with Gasteiger partial charge in [-0.25, -0.2) is 0 Å². The van der Waals surface area contributed by atoms with E-state index in [9.17, 15) is 4.79 Å². The zero-order chi connectivity index (χ0) is 13.9. The van der Waals surface area contributed by atoms with Gasteiger partial charge in [0.05, 0.1) is 5.41 Å². The van der Waals surface area contributed by atoms with E-state index in [1.165, 1.54) is 0 Å². The molecule has 1 saturated carbocycles. The maximum absolute atomic E-state index is 12.7. The number of hydrogen-bond donors (Lipinski definition) is 1. The molecule has 2 rings (SSSR count). The molecule has 1 amide bonds. The van der Waals surface area contributed by atoms with Crippen molar-refractivity contribution in [1.82, 2.24) is 9.88 Å². The molecule has 1 heterocycles. The summed E-state index contributed by atoms with van der Waals surface area (Å²) in [6, 6.07) is 4.33. The number of hydrogen-bond acceptors (Lipinski definition) is 3. The average molecular weight is 261 g/mol. The summed E-state index contributed by atoms with van der Waals surface area (Å²) in [5.74, 6) is 0.191. The Hall–Kier alpha value is -1.42. The zero-order valence-corrected chi connectivity index (χ0v) is 11.8. The molecule has 1 aromatic heterocycles. The van der Waals surface area contributed by atoms with E-state index in [-0.39, 0.29) is 5.91 Å². The molecular formula is C15H23N3O. The molecule has 2 N–H and O–H groups in total. The Balaban J connectivity index is 2.14. The Morgan fingerprint density at radius 1 is 1.47 bits per heavy atom. The number of pyridine rings is 1. The van der Waals surface area contributed by atoms with Crippen molar-refractivity contribution in [2.75, 3.05) is 6.54 Å². The summed E-state index contributed by atoms with van der Waals surface area (Å²) in [4.78, 5) is 18.8. The standard InChI is InChI=1S/C15H23N3O/c1-3-15(2,11-16)14(19)18(13-4-5-13)10-12-6-8-17-9-7-12/h6-9,13H,3-5,10-11,16H2,1-2H3. The second kappa shape index (κ2) is 5.70. The van der Waals surface area contributed by atoms with Crippen LogP contribution in [0.3, 0.4) is 0 Å². The molecule has 0 bridgehead atoms. The fourth-order valence-corrected chi connectivity index (χ4v) is 2.17. The predicted octanol–water partition coefficient (Wildman–Crippen LogP) is 1.95. The summed E-state index contributed by atoms with van der Waals surface area (Å²) in [5, 5.41) is 0. The number of carbonyl (C=O) groups is 1. The minimum Gasteiger partial charge on any atom is -0.335 e. The fraction of sp³-hybridized carbons (Fsp3) is 0.600. The largest absolute Gasteiger partial charge is 0.335 e. The van der Waals surface area contributed by atoms with E-state index < -0.39 is 5.41 Å². The van der Waals surface area contributed by atoms with E-state index in [1.54, 1.807) is 12.4 Å². The lowest BCUT2D eigenvalue weighted by molar-refractivity contribution is -0.142. The average Bonchev–Trinajstić information content (AvgIpc) is 3.29. The van der Waals surface area contributed by atoms with Crippen LogP contribution in [0.4, 0.5) is 0 Å². The maximum atomic E-state index is 12.7. The van der Waals surface area contributed by atoms with Crippen molar-refractivity contribution in [1.29, 1.82) is 0 Å². The van der Waals surface area contributed by atoms with Gasteiger partial charge in [0, 0.05) is 31.5 Å². The molecule has 4 nitrogen and oxygen atoms in total. The van der Waals surface area contributed by atoms with E-state index in [0.29, 0.717) is 19.1 Å². The van der Waals surface area contributed by atoms with Gasteiger partial charge >= 0.3 is 0 Å². The van der Waals surface area contributed by atoms with Crippen LogP contribution in [0.25, 0.3) is 0 Å². The summed E-state index contributed by atoms with van der Waals surface area (Å²) < 4.78 is 0. The van der Waals surface area contributed by atoms with Crippen LogP contribution in [0.1, 0.15) is 38.7 Å². The minimum absolute atomic E-state index is 0.191. The lowest BCUT2D eigenvalue weighted by atomic mass is 9.86. The molecule has 1 unspecified atom stereocenters. The molecule has 19 heavy (non-hydrogen) atoms. The molecular weight excluding hydrogens is 238 g/mol. The molecule has 1 aliphatic carbocycles. The highest BCUT2D eigenvalue weighted by Gasteiger charge is 2.40. The van der Waals surface area contributed by atoms with Crippen LogP contribution < -0.4 is 5.73 Å². The lowest BCUT2D eigenvalue weighted by Gasteiger charge is -2.33. The van der Waals surface area contributed by atoms with Gasteiger partial charge < -0.3 is 10.6 Å². The van der Waals surface area contributed by atoms with Crippen molar-refractivity contribution in [3.05, 3.63) is 30.1 Å². The summed E-state index contributed by atoms with van der Waals surface area (Å²) in [5.41, 5.74) is 6.51. The second-order valence-corrected chi connectivity index (χ2v) is 5.64. The van der Waals surface area contributed by atoms with E-state index in [4.69, 9.17) is 5.73 Å². The molecule has 0 aromatic carbocycles. The first-order valence-electron chi connectivity index (χ1n) is 7.01. The SMILES string of the molecule is CCC(C)(CN)C(=O)N(Cc1ccncc1)C1CC1. The molecule has 0 spiro atoms. The van der Waals surface area contributed by atoms with Crippen LogP contribution in [0.2, 0.25) is 0 Å². The number of nitrogens with two attached hydrogens (primary N) is 1. The molecule has 1 fully saturated rings. The molecule has 0 saturated heterocycles. The number of aromatic nitrogens is 1. The van der Waals surface area contributed by atoms with Crippen LogP contribution in [-0.2, 0) is 11.3 Å². The monoisotopic (exact) mass is 261 g/mol. The third-order valence-corrected chi connectivity index (χ3v) is 4.10. The first-order chi connectivity index (χ1) is 9.10. The number of amides is 1. The van der Waals surface area contributed by atoms with Gasteiger partial charge in [-0.2, -0.15) is 0 Å². The molecule has 1 aromatic rings. The van der Waals surface area contributed by atoms with Gasteiger partial charge in [0.2, 0.25) is 5.91 Å². The maximum Gasteiger partial charge on any atom is 0.230 e. The second-order valence-electron chi connectivity index (χ2n) is 5.64. The Morgan fingerprint density at radius 2 is 2.11 bits per heavy atom. The van der Waals surface area contributed by atoms with Gasteiger partial charge in [-0.1, -0.05) is 6.92 Å². The van der Waals surface area contributed by atoms with Crippen LogP contribution in [-0.4, -0.2) is 28.4 Å². The number of nitrogens with zero attached hydrogens (tertiary/aromatic N) is 2. The van der Waals surface area contributed by atoms with Gasteiger partial charge in [-0.3, -0.25) is 9.78 Å². The van der Waals surface area contributed by atoms with Gasteiger partial charge in [0.25, 0.3) is 0 Å². The highest BCUT2D eigenvalue weighted by molar-refractivity contribution is 5.83. The number of carbonyl (C=O) groups excluding carboxylic acids is 1. The van der Waals surface area contributed by atoms with Gasteiger partial charge in [0.1, 0.15) is 0 Å². The Kier molecular flexibility index (Phi) is 4.20. The summed E-state index contributed by atoms with van der Waals surface area (Å²) in [7, 11) is 0. The van der Waals surface area contributed by atoms with Crippen molar-refractivity contribution < 1.29 is 4.79 Å². The lowest BCUT2D eigenvalue weighted by Crippen LogP contribution is -2.46. The Bertz CT molecular complexity index is 424. The van der Waals surface area contributed by atoms with Crippen molar-refractivity contribution in [3.63, 3.8) is 0 Å². The van der Waals surface area contributed by atoms with E-state index in [0.717, 1.165) is 24.8 Å². The van der Waals surface area contributed by atoms with E-state index in [2.05, 4.69) is 4.98 Å². The molecule has 0 aliphatic heterocycles. The van der Waals surface area contributed by atoms with Gasteiger partial charge in [-0.05, 0) is 43.9 Å². The highest BCUT2D eigenvalue weighted by atomic mass is 16.2. The molecule has 4 heteroatoms. The molecule has 1 atom stereocenters. The van der Waals surface area contributed by atoms with Crippen LogP contribution >= 0.6 is 0 Å². The fourth-order valence-electron chi connectivity index (χ4n) is 2.17. The topological polar surface area (TPSA) is 59.2 Å². The predicted molar refractivity (Wildman–Crippen MR) is 75.3 cm³/mol. The summed E-state index contributed by atoms with van der Waals surface area (Å²) in [6.45, 7) is 5.07. The van der Waals surface area contributed by atoms with Crippen molar-refractivity contribution in [3.8, 4) is 0 Å². The third kappa shape index (κ3) is 3.13. The molecule has 1 aliphatic rings. The van der Waals surface area contributed by atoms with E-state index in [1.807, 2.05) is 30.9 Å². The van der Waals surface area contributed by atoms with Crippen molar-refractivity contribution >= 4 is 5.91 Å². The number of rotatable bonds is 6. The normalized spacial score (nSPS) is 17.8. The molecule has 0 radical (unpaired) electrons. The Morgan fingerprint density at radius 3 is 2.58 bits per heavy atom.